The molecule has 3 heteroatoms. The van der Waals surface area contributed by atoms with Gasteiger partial charge in [-0.25, -0.2) is 0 Å². The van der Waals surface area contributed by atoms with Crippen LogP contribution in [-0.4, -0.2) is 29.8 Å². The molecule has 0 aromatic carbocycles. The van der Waals surface area contributed by atoms with Crippen molar-refractivity contribution in [3.05, 3.63) is 0 Å². The summed E-state index contributed by atoms with van der Waals surface area (Å²) in [5, 5.41) is 0. The van der Waals surface area contributed by atoms with E-state index in [9.17, 15) is 4.79 Å². The lowest BCUT2D eigenvalue weighted by molar-refractivity contribution is -0.137. The number of nitrogens with zero attached hydrogens (tertiary/aromatic N) is 1. The first-order valence-corrected chi connectivity index (χ1v) is 7.19. The smallest absolute Gasteiger partial charge is 0.225 e. The molecule has 0 bridgehead atoms. The molecule has 2 nitrogen and oxygen atoms in total. The number of carbonyl (C=O) groups excluding carboxylic acids is 1. The molecule has 0 radical (unpaired) electrons. The van der Waals surface area contributed by atoms with Crippen LogP contribution < -0.4 is 0 Å². The highest BCUT2D eigenvalue weighted by atomic mass is 35.5. The Morgan fingerprint density at radius 2 is 1.69 bits per heavy atom. The van der Waals surface area contributed by atoms with Crippen molar-refractivity contribution in [3.8, 4) is 0 Å². The second-order valence-electron chi connectivity index (χ2n) is 5.26. The van der Waals surface area contributed by atoms with Gasteiger partial charge in [-0.3, -0.25) is 4.79 Å². The minimum absolute atomic E-state index is 0.335. The number of halogens is 1. The van der Waals surface area contributed by atoms with Crippen LogP contribution in [0.2, 0.25) is 0 Å². The summed E-state index contributed by atoms with van der Waals surface area (Å²) < 4.78 is 0. The second-order valence-corrected chi connectivity index (χ2v) is 5.57. The first-order valence-electron chi connectivity index (χ1n) is 6.66. The van der Waals surface area contributed by atoms with E-state index >= 15 is 0 Å². The fraction of sp³-hybridized carbons (Fsp3) is 0.923. The summed E-state index contributed by atoms with van der Waals surface area (Å²) in [6, 6.07) is 0. The maximum Gasteiger partial charge on any atom is 0.225 e. The second kappa shape index (κ2) is 5.90. The molecule has 0 spiro atoms. The third-order valence-corrected chi connectivity index (χ3v) is 4.54. The van der Waals surface area contributed by atoms with Gasteiger partial charge in [0.25, 0.3) is 0 Å². The third-order valence-electron chi connectivity index (χ3n) is 4.10. The first kappa shape index (κ1) is 12.2. The Kier molecular flexibility index (Phi) is 4.51. The number of alkyl halides is 1. The van der Waals surface area contributed by atoms with Crippen LogP contribution >= 0.6 is 11.6 Å². The van der Waals surface area contributed by atoms with Crippen LogP contribution in [0.15, 0.2) is 0 Å². The van der Waals surface area contributed by atoms with Crippen molar-refractivity contribution in [2.45, 2.75) is 44.9 Å². The zero-order valence-corrected chi connectivity index (χ0v) is 10.7. The Hall–Kier alpha value is -0.240. The van der Waals surface area contributed by atoms with E-state index in [2.05, 4.69) is 4.90 Å². The lowest BCUT2D eigenvalue weighted by atomic mass is 9.87. The van der Waals surface area contributed by atoms with Crippen molar-refractivity contribution < 1.29 is 4.79 Å². The minimum atomic E-state index is 0.335. The average molecular weight is 244 g/mol. The lowest BCUT2D eigenvalue weighted by Gasteiger charge is -2.34. The Bertz CT molecular complexity index is 230. The standard InChI is InChI=1S/C13H22ClNO/c14-10-11-6-8-15(9-7-11)13(16)12-4-2-1-3-5-12/h11-12H,1-10H2. The number of amides is 1. The topological polar surface area (TPSA) is 20.3 Å². The molecule has 92 valence electrons. The first-order chi connectivity index (χ1) is 7.81. The molecule has 2 rings (SSSR count). The summed E-state index contributed by atoms with van der Waals surface area (Å²) in [6.45, 7) is 1.87. The highest BCUT2D eigenvalue weighted by molar-refractivity contribution is 6.18. The van der Waals surface area contributed by atoms with Gasteiger partial charge in [-0.15, -0.1) is 11.6 Å². The molecule has 1 heterocycles. The fourth-order valence-corrected chi connectivity index (χ4v) is 3.22. The zero-order chi connectivity index (χ0) is 11.4. The Labute approximate surface area is 103 Å². The highest BCUT2D eigenvalue weighted by Gasteiger charge is 2.28. The summed E-state index contributed by atoms with van der Waals surface area (Å²) in [7, 11) is 0. The normalized spacial score (nSPS) is 24.7. The molecule has 1 amide bonds. The zero-order valence-electron chi connectivity index (χ0n) is 9.96. The van der Waals surface area contributed by atoms with E-state index in [0.29, 0.717) is 17.7 Å². The van der Waals surface area contributed by atoms with Crippen LogP contribution in [-0.2, 0) is 4.79 Å². The molecule has 1 aliphatic heterocycles. The van der Waals surface area contributed by atoms with E-state index in [1.54, 1.807) is 0 Å². The van der Waals surface area contributed by atoms with E-state index < -0.39 is 0 Å². The summed E-state index contributed by atoms with van der Waals surface area (Å²) in [4.78, 5) is 14.3. The van der Waals surface area contributed by atoms with Gasteiger partial charge < -0.3 is 4.90 Å². The van der Waals surface area contributed by atoms with Crippen LogP contribution in [0.1, 0.15) is 44.9 Å². The van der Waals surface area contributed by atoms with Gasteiger partial charge in [0.15, 0.2) is 0 Å². The van der Waals surface area contributed by atoms with E-state index in [-0.39, 0.29) is 0 Å². The van der Waals surface area contributed by atoms with Gasteiger partial charge in [0.05, 0.1) is 0 Å². The van der Waals surface area contributed by atoms with Gasteiger partial charge in [-0.05, 0) is 31.6 Å². The van der Waals surface area contributed by atoms with Crippen molar-refractivity contribution in [3.63, 3.8) is 0 Å². The Balaban J connectivity index is 1.81. The number of likely N-dealkylation sites (tertiary alicyclic amines) is 1. The third kappa shape index (κ3) is 2.91. The van der Waals surface area contributed by atoms with E-state index in [0.717, 1.165) is 44.7 Å². The monoisotopic (exact) mass is 243 g/mol. The number of hydrogen-bond donors (Lipinski definition) is 0. The van der Waals surface area contributed by atoms with Gasteiger partial charge in [-0.1, -0.05) is 19.3 Å². The number of carbonyl (C=O) groups is 1. The average Bonchev–Trinajstić information content (AvgIpc) is 2.39. The SMILES string of the molecule is O=C(C1CCCCC1)N1CCC(CCl)CC1. The maximum absolute atomic E-state index is 12.2. The summed E-state index contributed by atoms with van der Waals surface area (Å²) in [5.74, 6) is 2.15. The predicted molar refractivity (Wildman–Crippen MR) is 66.6 cm³/mol. The van der Waals surface area contributed by atoms with Gasteiger partial charge in [0, 0.05) is 24.9 Å². The van der Waals surface area contributed by atoms with Crippen molar-refractivity contribution >= 4 is 17.5 Å². The molecule has 0 N–H and O–H groups in total. The molecule has 0 atom stereocenters. The molecule has 1 saturated carbocycles. The molecular formula is C13H22ClNO. The Morgan fingerprint density at radius 1 is 1.06 bits per heavy atom. The van der Waals surface area contributed by atoms with Crippen molar-refractivity contribution in [2.75, 3.05) is 19.0 Å². The molecule has 2 aliphatic rings. The number of rotatable bonds is 2. The molecule has 0 aromatic heterocycles. The fourth-order valence-electron chi connectivity index (χ4n) is 2.92. The van der Waals surface area contributed by atoms with Crippen LogP contribution in [0.4, 0.5) is 0 Å². The summed E-state index contributed by atoms with van der Waals surface area (Å²) in [5.41, 5.74) is 0. The van der Waals surface area contributed by atoms with Crippen LogP contribution in [0.3, 0.4) is 0 Å². The van der Waals surface area contributed by atoms with E-state index in [1.165, 1.54) is 19.3 Å². The lowest BCUT2D eigenvalue weighted by Crippen LogP contribution is -2.42. The quantitative estimate of drug-likeness (QED) is 0.683. The maximum atomic E-state index is 12.2. The van der Waals surface area contributed by atoms with Crippen molar-refractivity contribution in [1.29, 1.82) is 0 Å². The van der Waals surface area contributed by atoms with Gasteiger partial charge in [0.1, 0.15) is 0 Å². The molecule has 1 saturated heterocycles. The highest BCUT2D eigenvalue weighted by Crippen LogP contribution is 2.27. The van der Waals surface area contributed by atoms with Gasteiger partial charge in [0.2, 0.25) is 5.91 Å². The van der Waals surface area contributed by atoms with E-state index in [4.69, 9.17) is 11.6 Å². The number of hydrogen-bond acceptors (Lipinski definition) is 1. The summed E-state index contributed by atoms with van der Waals surface area (Å²) >= 11 is 5.85. The van der Waals surface area contributed by atoms with Gasteiger partial charge >= 0.3 is 0 Å². The van der Waals surface area contributed by atoms with Crippen LogP contribution in [0.25, 0.3) is 0 Å². The molecule has 0 unspecified atom stereocenters. The van der Waals surface area contributed by atoms with Crippen molar-refractivity contribution in [2.24, 2.45) is 11.8 Å². The van der Waals surface area contributed by atoms with Crippen molar-refractivity contribution in [1.82, 2.24) is 4.90 Å². The van der Waals surface area contributed by atoms with Crippen LogP contribution in [0, 0.1) is 11.8 Å². The predicted octanol–water partition coefficient (Wildman–Crippen LogP) is 3.04. The molecule has 1 aliphatic carbocycles. The molecule has 16 heavy (non-hydrogen) atoms. The van der Waals surface area contributed by atoms with E-state index in [1.807, 2.05) is 0 Å². The number of piperidine rings is 1. The molecular weight excluding hydrogens is 222 g/mol. The van der Waals surface area contributed by atoms with Gasteiger partial charge in [-0.2, -0.15) is 0 Å². The van der Waals surface area contributed by atoms with Crippen LogP contribution in [0.5, 0.6) is 0 Å². The largest absolute Gasteiger partial charge is 0.342 e. The summed E-state index contributed by atoms with van der Waals surface area (Å²) in [6.07, 6.45) is 8.24. The minimum Gasteiger partial charge on any atom is -0.342 e. The molecule has 0 aromatic rings. The Morgan fingerprint density at radius 3 is 2.25 bits per heavy atom. The molecule has 2 fully saturated rings.